The number of halogens is 7. The molecule has 0 unspecified atom stereocenters. The largest absolute Gasteiger partial charge is 0.496 e. The van der Waals surface area contributed by atoms with Crippen molar-refractivity contribution in [2.75, 3.05) is 36.6 Å². The number of alkyl halides is 6. The van der Waals surface area contributed by atoms with Crippen LogP contribution in [0, 0.1) is 18.8 Å². The Morgan fingerprint density at radius 2 is 1.51 bits per heavy atom. The third kappa shape index (κ3) is 9.15. The molecule has 8 nitrogen and oxygen atoms in total. The lowest BCUT2D eigenvalue weighted by Crippen LogP contribution is -2.33. The zero-order valence-corrected chi connectivity index (χ0v) is 26.4. The maximum atomic E-state index is 13.6. The average molecular weight is 665 g/mol. The van der Waals surface area contributed by atoms with Crippen LogP contribution in [0.4, 0.5) is 38.0 Å². The first kappa shape index (κ1) is 36.2. The highest BCUT2D eigenvalue weighted by Crippen LogP contribution is 2.38. The highest BCUT2D eigenvalue weighted by atomic mass is 35.5. The summed E-state index contributed by atoms with van der Waals surface area (Å²) in [6.07, 6.45) is -6.08. The zero-order valence-electron chi connectivity index (χ0n) is 25.6. The third-order valence-corrected chi connectivity index (χ3v) is 8.18. The van der Waals surface area contributed by atoms with Gasteiger partial charge in [0.25, 0.3) is 5.95 Å². The Labute approximate surface area is 264 Å². The molecule has 45 heavy (non-hydrogen) atoms. The molecule has 15 heteroatoms. The molecule has 250 valence electrons. The topological polar surface area (TPSA) is 79.5 Å². The molecule has 0 atom stereocenters. The number of hydrogen-bond acceptors (Lipinski definition) is 7. The van der Waals surface area contributed by atoms with Gasteiger partial charge < -0.3 is 19.6 Å². The first-order valence-corrected chi connectivity index (χ1v) is 14.5. The molecule has 4 rings (SSSR count). The van der Waals surface area contributed by atoms with Crippen molar-refractivity contribution in [3.05, 3.63) is 58.1 Å². The Kier molecular flexibility index (Phi) is 12.0. The Bertz CT molecular complexity index is 1380. The predicted molar refractivity (Wildman–Crippen MR) is 161 cm³/mol. The summed E-state index contributed by atoms with van der Waals surface area (Å²) in [4.78, 5) is 4.92. The molecule has 1 aliphatic rings. The van der Waals surface area contributed by atoms with E-state index >= 15 is 0 Å². The first-order valence-electron chi connectivity index (χ1n) is 14.5. The fraction of sp³-hybridized carbons (Fsp3) is 0.567. The Morgan fingerprint density at radius 1 is 0.911 bits per heavy atom. The average Bonchev–Trinajstić information content (AvgIpc) is 3.41. The molecule has 1 fully saturated rings. The van der Waals surface area contributed by atoms with E-state index in [2.05, 4.69) is 20.3 Å². The second-order valence-corrected chi connectivity index (χ2v) is 11.4. The molecule has 1 N–H and O–H groups in total. The van der Waals surface area contributed by atoms with E-state index in [1.807, 2.05) is 26.0 Å². The maximum Gasteiger partial charge on any atom is 0.416 e. The number of anilines is 2. The number of aryl methyl sites for hydroxylation is 2. The number of aliphatic hydroxyl groups excluding tert-OH is 1. The monoisotopic (exact) mass is 664 g/mol. The van der Waals surface area contributed by atoms with Crippen LogP contribution >= 0.6 is 12.4 Å². The summed E-state index contributed by atoms with van der Waals surface area (Å²) in [6.45, 7) is 5.24. The molecule has 0 aliphatic heterocycles. The van der Waals surface area contributed by atoms with Crippen molar-refractivity contribution in [2.24, 2.45) is 18.9 Å². The van der Waals surface area contributed by atoms with Gasteiger partial charge in [-0.15, -0.1) is 17.5 Å². The van der Waals surface area contributed by atoms with Crippen LogP contribution in [0.2, 0.25) is 0 Å². The smallest absolute Gasteiger partial charge is 0.416 e. The number of methoxy groups -OCH3 is 1. The molecular formula is C30H39ClF6N6O2. The number of aliphatic hydroxyl groups is 1. The fourth-order valence-corrected chi connectivity index (χ4v) is 5.82. The number of rotatable bonds is 11. The molecule has 1 aromatic heterocycles. The van der Waals surface area contributed by atoms with Crippen molar-refractivity contribution < 1.29 is 36.2 Å². The second kappa shape index (κ2) is 14.9. The van der Waals surface area contributed by atoms with Gasteiger partial charge in [-0.2, -0.15) is 31.1 Å². The summed E-state index contributed by atoms with van der Waals surface area (Å²) in [7, 11) is 3.09. The quantitative estimate of drug-likeness (QED) is 0.226. The van der Waals surface area contributed by atoms with Gasteiger partial charge in [0.05, 0.1) is 25.3 Å². The summed E-state index contributed by atoms with van der Waals surface area (Å²) < 4.78 is 87.4. The molecular weight excluding hydrogens is 626 g/mol. The number of ether oxygens (including phenoxy) is 1. The molecule has 0 saturated heterocycles. The van der Waals surface area contributed by atoms with Crippen LogP contribution < -0.4 is 14.5 Å². The Hall–Kier alpha value is -3.26. The number of benzene rings is 2. The van der Waals surface area contributed by atoms with Crippen LogP contribution in [0.5, 0.6) is 5.75 Å². The Balaban J connectivity index is 0.00000552. The minimum atomic E-state index is -4.97. The standard InChI is InChI=1S/C30H38F6N6O2.ClH/c1-5-41(15-20-6-8-21(18-43)9-7-20)26-14-27(44-4)19(2)10-23(26)17-42(28-37-39-40(3)38-28)16-22-11-24(29(31,32)33)13-25(12-22)30(34,35)36;/h10-14,20-21,43H,5-9,15-18H2,1-4H3;1H/t20-,21-;. The van der Waals surface area contributed by atoms with Gasteiger partial charge in [-0.3, -0.25) is 0 Å². The van der Waals surface area contributed by atoms with Gasteiger partial charge >= 0.3 is 12.4 Å². The van der Waals surface area contributed by atoms with Crippen molar-refractivity contribution in [2.45, 2.75) is 65.0 Å². The zero-order chi connectivity index (χ0) is 32.2. The highest BCUT2D eigenvalue weighted by Gasteiger charge is 2.37. The number of tetrazole rings is 1. The van der Waals surface area contributed by atoms with Crippen molar-refractivity contribution >= 4 is 24.0 Å². The van der Waals surface area contributed by atoms with Crippen molar-refractivity contribution in [1.29, 1.82) is 0 Å². The minimum absolute atomic E-state index is 0. The summed E-state index contributed by atoms with van der Waals surface area (Å²) in [5, 5.41) is 21.6. The second-order valence-electron chi connectivity index (χ2n) is 11.4. The highest BCUT2D eigenvalue weighted by molar-refractivity contribution is 5.85. The SMILES string of the molecule is CCN(C[C@H]1CC[C@H](CO)CC1)c1cc(OC)c(C)cc1CN(Cc1cc(C(F)(F)F)cc(C(F)(F)F)c1)c1nnn(C)n1.Cl. The van der Waals surface area contributed by atoms with Gasteiger partial charge in [-0.1, -0.05) is 5.10 Å². The third-order valence-electron chi connectivity index (χ3n) is 8.18. The fourth-order valence-electron chi connectivity index (χ4n) is 5.82. The minimum Gasteiger partial charge on any atom is -0.496 e. The lowest BCUT2D eigenvalue weighted by molar-refractivity contribution is -0.143. The van der Waals surface area contributed by atoms with Crippen molar-refractivity contribution in [3.63, 3.8) is 0 Å². The number of hydrogen-bond donors (Lipinski definition) is 1. The van der Waals surface area contributed by atoms with E-state index < -0.39 is 23.5 Å². The van der Waals surface area contributed by atoms with E-state index in [0.29, 0.717) is 24.1 Å². The van der Waals surface area contributed by atoms with E-state index in [1.165, 1.54) is 16.7 Å². The van der Waals surface area contributed by atoms with Crippen LogP contribution in [-0.4, -0.2) is 52.1 Å². The van der Waals surface area contributed by atoms with E-state index in [9.17, 15) is 31.4 Å². The summed E-state index contributed by atoms with van der Waals surface area (Å²) in [6, 6.07) is 5.39. The van der Waals surface area contributed by atoms with Crippen LogP contribution in [-0.2, 0) is 32.5 Å². The number of nitrogens with zero attached hydrogens (tertiary/aromatic N) is 6. The molecule has 3 aromatic rings. The van der Waals surface area contributed by atoms with Gasteiger partial charge in [0, 0.05) is 44.5 Å². The molecule has 1 aliphatic carbocycles. The van der Waals surface area contributed by atoms with Gasteiger partial charge in [-0.25, -0.2) is 0 Å². The molecule has 0 amide bonds. The van der Waals surface area contributed by atoms with Gasteiger partial charge in [0.15, 0.2) is 0 Å². The lowest BCUT2D eigenvalue weighted by Gasteiger charge is -2.35. The first-order chi connectivity index (χ1) is 20.7. The van der Waals surface area contributed by atoms with Crippen LogP contribution in [0.3, 0.4) is 0 Å². The van der Waals surface area contributed by atoms with E-state index in [0.717, 1.165) is 61.2 Å². The summed E-state index contributed by atoms with van der Waals surface area (Å²) in [5.74, 6) is 1.44. The summed E-state index contributed by atoms with van der Waals surface area (Å²) >= 11 is 0. The van der Waals surface area contributed by atoms with Crippen molar-refractivity contribution in [3.8, 4) is 5.75 Å². The van der Waals surface area contributed by atoms with Gasteiger partial charge in [0.1, 0.15) is 5.75 Å². The number of aromatic nitrogens is 4. The van der Waals surface area contributed by atoms with Crippen LogP contribution in [0.1, 0.15) is 60.4 Å². The van der Waals surface area contributed by atoms with Gasteiger partial charge in [0.2, 0.25) is 0 Å². The Morgan fingerprint density at radius 3 is 2.00 bits per heavy atom. The molecule has 1 saturated carbocycles. The van der Waals surface area contributed by atoms with Crippen molar-refractivity contribution in [1.82, 2.24) is 20.2 Å². The molecule has 2 aromatic carbocycles. The van der Waals surface area contributed by atoms with E-state index in [4.69, 9.17) is 4.74 Å². The van der Waals surface area contributed by atoms with Crippen LogP contribution in [0.25, 0.3) is 0 Å². The lowest BCUT2D eigenvalue weighted by atomic mass is 9.82. The van der Waals surface area contributed by atoms with E-state index in [1.54, 1.807) is 7.11 Å². The molecule has 1 heterocycles. The molecule has 0 bridgehead atoms. The van der Waals surface area contributed by atoms with Gasteiger partial charge in [-0.05, 0) is 97.5 Å². The predicted octanol–water partition coefficient (Wildman–Crippen LogP) is 6.82. The molecule has 0 spiro atoms. The summed E-state index contributed by atoms with van der Waals surface area (Å²) in [5.41, 5.74) is -0.527. The van der Waals surface area contributed by atoms with E-state index in [-0.39, 0.29) is 49.7 Å². The normalized spacial score (nSPS) is 17.1. The van der Waals surface area contributed by atoms with Crippen LogP contribution in [0.15, 0.2) is 30.3 Å². The maximum absolute atomic E-state index is 13.6. The molecule has 0 radical (unpaired) electrons.